The third kappa shape index (κ3) is 3.91. The zero-order valence-corrected chi connectivity index (χ0v) is 12.7. The van der Waals surface area contributed by atoms with Crippen molar-refractivity contribution in [3.8, 4) is 5.75 Å². The summed E-state index contributed by atoms with van der Waals surface area (Å²) >= 11 is 0. The van der Waals surface area contributed by atoms with Crippen molar-refractivity contribution in [2.24, 2.45) is 0 Å². The molecule has 1 unspecified atom stereocenters. The van der Waals surface area contributed by atoms with Crippen molar-refractivity contribution in [2.45, 2.75) is 52.6 Å². The zero-order chi connectivity index (χ0) is 14.5. The van der Waals surface area contributed by atoms with Crippen LogP contribution in [0.3, 0.4) is 0 Å². The molecular formula is C15H26N2O2. The molecule has 1 atom stereocenters. The average molecular weight is 266 g/mol. The number of aliphatic hydroxyl groups excluding tert-OH is 1. The maximum Gasteiger partial charge on any atom is 0.128 e. The molecule has 4 nitrogen and oxygen atoms in total. The minimum Gasteiger partial charge on any atom is -0.496 e. The fourth-order valence-electron chi connectivity index (χ4n) is 2.18. The van der Waals surface area contributed by atoms with Crippen LogP contribution in [0.4, 0.5) is 0 Å². The summed E-state index contributed by atoms with van der Waals surface area (Å²) in [4.78, 5) is 4.48. The number of nitrogens with zero attached hydrogens (tertiary/aromatic N) is 1. The highest BCUT2D eigenvalue weighted by molar-refractivity contribution is 5.41. The number of nitrogens with one attached hydrogen (secondary N) is 1. The highest BCUT2D eigenvalue weighted by Crippen LogP contribution is 2.24. The van der Waals surface area contributed by atoms with Gasteiger partial charge in [-0.05, 0) is 33.6 Å². The predicted molar refractivity (Wildman–Crippen MR) is 77.5 cm³/mol. The summed E-state index contributed by atoms with van der Waals surface area (Å²) in [6, 6.07) is 0. The Morgan fingerprint density at radius 2 is 2.11 bits per heavy atom. The first-order chi connectivity index (χ1) is 8.97. The molecule has 1 heterocycles. The van der Waals surface area contributed by atoms with Gasteiger partial charge in [0, 0.05) is 36.0 Å². The summed E-state index contributed by atoms with van der Waals surface area (Å²) < 4.78 is 5.41. The summed E-state index contributed by atoms with van der Waals surface area (Å²) in [7, 11) is 1.69. The third-order valence-corrected chi connectivity index (χ3v) is 3.88. The highest BCUT2D eigenvalue weighted by Gasteiger charge is 2.21. The van der Waals surface area contributed by atoms with E-state index in [9.17, 15) is 0 Å². The van der Waals surface area contributed by atoms with Crippen molar-refractivity contribution in [2.75, 3.05) is 13.7 Å². The molecule has 1 rings (SSSR count). The van der Waals surface area contributed by atoms with Crippen LogP contribution >= 0.6 is 0 Å². The van der Waals surface area contributed by atoms with Gasteiger partial charge in [-0.3, -0.25) is 4.98 Å². The van der Waals surface area contributed by atoms with Crippen LogP contribution in [0.15, 0.2) is 6.20 Å². The van der Waals surface area contributed by atoms with Crippen molar-refractivity contribution < 1.29 is 9.84 Å². The van der Waals surface area contributed by atoms with Gasteiger partial charge in [-0.2, -0.15) is 0 Å². The van der Waals surface area contributed by atoms with Crippen molar-refractivity contribution in [1.82, 2.24) is 10.3 Å². The molecule has 4 heteroatoms. The van der Waals surface area contributed by atoms with Gasteiger partial charge in [0.2, 0.25) is 0 Å². The van der Waals surface area contributed by atoms with E-state index >= 15 is 0 Å². The number of methoxy groups -OCH3 is 1. The quantitative estimate of drug-likeness (QED) is 0.795. The molecular weight excluding hydrogens is 240 g/mol. The molecule has 1 aromatic rings. The normalized spacial score (nSPS) is 14.2. The molecule has 0 aliphatic rings. The lowest BCUT2D eigenvalue weighted by molar-refractivity contribution is 0.214. The Morgan fingerprint density at radius 1 is 1.42 bits per heavy atom. The monoisotopic (exact) mass is 266 g/mol. The van der Waals surface area contributed by atoms with E-state index in [2.05, 4.69) is 24.1 Å². The number of ether oxygens (including phenoxy) is 1. The Bertz CT molecular complexity index is 421. The summed E-state index contributed by atoms with van der Waals surface area (Å²) in [6.45, 7) is 9.17. The predicted octanol–water partition coefficient (Wildman–Crippen LogP) is 2.35. The Labute approximate surface area is 116 Å². The smallest absolute Gasteiger partial charge is 0.128 e. The first-order valence-corrected chi connectivity index (χ1v) is 6.82. The van der Waals surface area contributed by atoms with E-state index in [4.69, 9.17) is 9.84 Å². The van der Waals surface area contributed by atoms with Crippen LogP contribution in [0.2, 0.25) is 0 Å². The van der Waals surface area contributed by atoms with Gasteiger partial charge in [-0.1, -0.05) is 6.92 Å². The van der Waals surface area contributed by atoms with Gasteiger partial charge in [0.05, 0.1) is 12.8 Å². The van der Waals surface area contributed by atoms with E-state index in [0.29, 0.717) is 6.54 Å². The largest absolute Gasteiger partial charge is 0.496 e. The second-order valence-electron chi connectivity index (χ2n) is 5.29. The molecule has 0 saturated carbocycles. The van der Waals surface area contributed by atoms with Gasteiger partial charge in [-0.25, -0.2) is 0 Å². The molecule has 1 aromatic heterocycles. The summed E-state index contributed by atoms with van der Waals surface area (Å²) in [5.41, 5.74) is 3.08. The summed E-state index contributed by atoms with van der Waals surface area (Å²) in [5, 5.41) is 12.6. The number of pyridine rings is 1. The van der Waals surface area contributed by atoms with Gasteiger partial charge in [0.25, 0.3) is 0 Å². The molecule has 108 valence electrons. The molecule has 0 amide bonds. The molecule has 0 radical (unpaired) electrons. The van der Waals surface area contributed by atoms with Gasteiger partial charge in [0.15, 0.2) is 0 Å². The number of aryl methyl sites for hydroxylation is 1. The lowest BCUT2D eigenvalue weighted by Crippen LogP contribution is -2.42. The number of aliphatic hydroxyl groups is 1. The fraction of sp³-hybridized carbons (Fsp3) is 0.667. The van der Waals surface area contributed by atoms with Crippen LogP contribution in [-0.4, -0.2) is 29.3 Å². The first-order valence-electron chi connectivity index (χ1n) is 6.82. The van der Waals surface area contributed by atoms with E-state index in [-0.39, 0.29) is 12.1 Å². The molecule has 0 aliphatic carbocycles. The van der Waals surface area contributed by atoms with Crippen molar-refractivity contribution in [3.05, 3.63) is 23.0 Å². The third-order valence-electron chi connectivity index (χ3n) is 3.88. The minimum absolute atomic E-state index is 0.0546. The molecule has 0 aliphatic heterocycles. The fourth-order valence-corrected chi connectivity index (χ4v) is 2.18. The van der Waals surface area contributed by atoms with Gasteiger partial charge in [0.1, 0.15) is 5.75 Å². The van der Waals surface area contributed by atoms with Crippen molar-refractivity contribution >= 4 is 0 Å². The van der Waals surface area contributed by atoms with E-state index in [0.717, 1.165) is 35.4 Å². The Balaban J connectivity index is 2.83. The van der Waals surface area contributed by atoms with Gasteiger partial charge >= 0.3 is 0 Å². The average Bonchev–Trinajstić information content (AvgIpc) is 2.39. The molecule has 0 spiro atoms. The number of aromatic nitrogens is 1. The Hall–Kier alpha value is -1.13. The summed E-state index contributed by atoms with van der Waals surface area (Å²) in [6.07, 6.45) is 3.55. The van der Waals surface area contributed by atoms with Gasteiger partial charge in [-0.15, -0.1) is 0 Å². The standard InChI is InChI=1S/C15H26N2O2/c1-6-15(4,7-8-18)17-10-13-12(3)14(19-5)11(2)9-16-13/h9,17-18H,6-8,10H2,1-5H3. The molecule has 0 fully saturated rings. The maximum absolute atomic E-state index is 9.13. The lowest BCUT2D eigenvalue weighted by atomic mass is 9.94. The highest BCUT2D eigenvalue weighted by atomic mass is 16.5. The molecule has 0 aromatic carbocycles. The lowest BCUT2D eigenvalue weighted by Gasteiger charge is -2.29. The minimum atomic E-state index is -0.0546. The van der Waals surface area contributed by atoms with E-state index < -0.39 is 0 Å². The number of hydrogen-bond acceptors (Lipinski definition) is 4. The molecule has 2 N–H and O–H groups in total. The Kier molecular flexibility index (Phi) is 5.76. The van der Waals surface area contributed by atoms with Crippen LogP contribution in [-0.2, 0) is 6.54 Å². The molecule has 0 saturated heterocycles. The maximum atomic E-state index is 9.13. The molecule has 0 bridgehead atoms. The van der Waals surface area contributed by atoms with E-state index in [1.807, 2.05) is 20.0 Å². The molecule has 19 heavy (non-hydrogen) atoms. The van der Waals surface area contributed by atoms with Crippen molar-refractivity contribution in [1.29, 1.82) is 0 Å². The van der Waals surface area contributed by atoms with Crippen molar-refractivity contribution in [3.63, 3.8) is 0 Å². The first kappa shape index (κ1) is 15.9. The van der Waals surface area contributed by atoms with Gasteiger partial charge < -0.3 is 15.2 Å². The SMILES string of the molecule is CCC(C)(CCO)NCc1ncc(C)c(OC)c1C. The van der Waals surface area contributed by atoms with Crippen LogP contribution in [0, 0.1) is 13.8 Å². The Morgan fingerprint density at radius 3 is 2.63 bits per heavy atom. The number of rotatable bonds is 7. The topological polar surface area (TPSA) is 54.4 Å². The van der Waals surface area contributed by atoms with Crippen LogP contribution < -0.4 is 10.1 Å². The second kappa shape index (κ2) is 6.87. The van der Waals surface area contributed by atoms with Crippen LogP contribution in [0.5, 0.6) is 5.75 Å². The second-order valence-corrected chi connectivity index (χ2v) is 5.29. The van der Waals surface area contributed by atoms with E-state index in [1.54, 1.807) is 7.11 Å². The summed E-state index contributed by atoms with van der Waals surface area (Å²) in [5.74, 6) is 0.909. The van der Waals surface area contributed by atoms with Crippen LogP contribution in [0.1, 0.15) is 43.5 Å². The van der Waals surface area contributed by atoms with Crippen LogP contribution in [0.25, 0.3) is 0 Å². The zero-order valence-electron chi connectivity index (χ0n) is 12.7. The van der Waals surface area contributed by atoms with E-state index in [1.165, 1.54) is 0 Å². The number of hydrogen-bond donors (Lipinski definition) is 2.